The Morgan fingerprint density at radius 3 is 2.41 bits per heavy atom. The van der Waals surface area contributed by atoms with Gasteiger partial charge in [0, 0.05) is 31.7 Å². The summed E-state index contributed by atoms with van der Waals surface area (Å²) in [6.45, 7) is 8.52. The van der Waals surface area contributed by atoms with Gasteiger partial charge in [-0.15, -0.1) is 0 Å². The molecule has 0 saturated carbocycles. The Bertz CT molecular complexity index is 781. The van der Waals surface area contributed by atoms with Crippen LogP contribution in [-0.2, 0) is 17.8 Å². The topological polar surface area (TPSA) is 41.6 Å². The molecular formula is C22H27FN2O2. The number of aryl methyl sites for hydroxylation is 1. The van der Waals surface area contributed by atoms with E-state index in [9.17, 15) is 9.18 Å². The van der Waals surface area contributed by atoms with Gasteiger partial charge < -0.3 is 15.0 Å². The van der Waals surface area contributed by atoms with Crippen LogP contribution in [0.4, 0.5) is 4.39 Å². The van der Waals surface area contributed by atoms with E-state index in [1.165, 1.54) is 6.07 Å². The van der Waals surface area contributed by atoms with Gasteiger partial charge in [-0.2, -0.15) is 0 Å². The molecule has 0 aromatic heterocycles. The number of halogens is 1. The SMILES string of the molecule is Cc1cc(F)ccc1CNCc1ccc(C(=O)N2CC(C)OC(C)C2)cc1. The van der Waals surface area contributed by atoms with Crippen molar-refractivity contribution in [3.63, 3.8) is 0 Å². The molecule has 0 bridgehead atoms. The van der Waals surface area contributed by atoms with Crippen LogP contribution in [0, 0.1) is 12.7 Å². The number of hydrogen-bond acceptors (Lipinski definition) is 3. The van der Waals surface area contributed by atoms with Gasteiger partial charge in [-0.25, -0.2) is 4.39 Å². The Morgan fingerprint density at radius 1 is 1.11 bits per heavy atom. The average molecular weight is 370 g/mol. The quantitative estimate of drug-likeness (QED) is 0.873. The Labute approximate surface area is 160 Å². The Balaban J connectivity index is 1.54. The number of nitrogens with one attached hydrogen (secondary N) is 1. The molecule has 1 amide bonds. The Kier molecular flexibility index (Phi) is 6.24. The molecule has 5 heteroatoms. The van der Waals surface area contributed by atoms with Crippen molar-refractivity contribution in [2.45, 2.75) is 46.1 Å². The van der Waals surface area contributed by atoms with Crippen LogP contribution in [0.2, 0.25) is 0 Å². The molecule has 1 heterocycles. The third-order valence-electron chi connectivity index (χ3n) is 4.86. The van der Waals surface area contributed by atoms with E-state index in [0.717, 1.165) is 16.7 Å². The summed E-state index contributed by atoms with van der Waals surface area (Å²) >= 11 is 0. The van der Waals surface area contributed by atoms with Crippen molar-refractivity contribution < 1.29 is 13.9 Å². The third kappa shape index (κ3) is 5.15. The van der Waals surface area contributed by atoms with Gasteiger partial charge in [-0.3, -0.25) is 4.79 Å². The molecule has 144 valence electrons. The molecule has 1 aliphatic rings. The monoisotopic (exact) mass is 370 g/mol. The zero-order valence-electron chi connectivity index (χ0n) is 16.2. The fourth-order valence-electron chi connectivity index (χ4n) is 3.49. The number of carbonyl (C=O) groups excluding carboxylic acids is 1. The van der Waals surface area contributed by atoms with Crippen LogP contribution in [0.3, 0.4) is 0 Å². The minimum Gasteiger partial charge on any atom is -0.372 e. The summed E-state index contributed by atoms with van der Waals surface area (Å²) in [5.74, 6) is -0.154. The number of nitrogens with zero attached hydrogens (tertiary/aromatic N) is 1. The summed E-state index contributed by atoms with van der Waals surface area (Å²) in [6, 6.07) is 12.6. The molecule has 2 atom stereocenters. The van der Waals surface area contributed by atoms with Crippen molar-refractivity contribution in [2.24, 2.45) is 0 Å². The highest BCUT2D eigenvalue weighted by Crippen LogP contribution is 2.15. The van der Waals surface area contributed by atoms with E-state index in [2.05, 4.69) is 5.32 Å². The van der Waals surface area contributed by atoms with E-state index in [1.54, 1.807) is 6.07 Å². The normalized spacial score (nSPS) is 19.9. The standard InChI is InChI=1S/C22H27FN2O2/c1-15-10-21(23)9-8-20(15)12-24-11-18-4-6-19(7-5-18)22(26)25-13-16(2)27-17(3)14-25/h4-10,16-17,24H,11-14H2,1-3H3. The first-order valence-corrected chi connectivity index (χ1v) is 9.42. The number of amides is 1. The molecule has 0 radical (unpaired) electrons. The van der Waals surface area contributed by atoms with Gasteiger partial charge in [0.1, 0.15) is 5.82 Å². The first-order valence-electron chi connectivity index (χ1n) is 9.42. The molecular weight excluding hydrogens is 343 g/mol. The zero-order chi connectivity index (χ0) is 19.4. The molecule has 1 aliphatic heterocycles. The predicted molar refractivity (Wildman–Crippen MR) is 104 cm³/mol. The van der Waals surface area contributed by atoms with Crippen LogP contribution < -0.4 is 5.32 Å². The lowest BCUT2D eigenvalue weighted by Gasteiger charge is -2.35. The lowest BCUT2D eigenvalue weighted by molar-refractivity contribution is -0.0586. The third-order valence-corrected chi connectivity index (χ3v) is 4.86. The van der Waals surface area contributed by atoms with Crippen LogP contribution in [0.15, 0.2) is 42.5 Å². The van der Waals surface area contributed by atoms with Crippen LogP contribution in [0.5, 0.6) is 0 Å². The molecule has 1 N–H and O–H groups in total. The van der Waals surface area contributed by atoms with Crippen LogP contribution in [0.1, 0.15) is 40.9 Å². The second kappa shape index (κ2) is 8.63. The van der Waals surface area contributed by atoms with Gasteiger partial charge in [0.25, 0.3) is 5.91 Å². The maximum Gasteiger partial charge on any atom is 0.254 e. The molecule has 2 aromatic rings. The highest BCUT2D eigenvalue weighted by molar-refractivity contribution is 5.94. The minimum absolute atomic E-state index is 0.0541. The van der Waals surface area contributed by atoms with Crippen LogP contribution in [-0.4, -0.2) is 36.1 Å². The summed E-state index contributed by atoms with van der Waals surface area (Å²) in [5, 5.41) is 3.37. The van der Waals surface area contributed by atoms with Gasteiger partial charge in [-0.05, 0) is 61.7 Å². The van der Waals surface area contributed by atoms with Crippen molar-refractivity contribution >= 4 is 5.91 Å². The smallest absolute Gasteiger partial charge is 0.254 e. The summed E-state index contributed by atoms with van der Waals surface area (Å²) in [6.07, 6.45) is 0.132. The predicted octanol–water partition coefficient (Wildman–Crippen LogP) is 3.67. The van der Waals surface area contributed by atoms with E-state index >= 15 is 0 Å². The van der Waals surface area contributed by atoms with E-state index in [1.807, 2.05) is 56.0 Å². The van der Waals surface area contributed by atoms with E-state index in [4.69, 9.17) is 4.74 Å². The summed E-state index contributed by atoms with van der Waals surface area (Å²) in [5.41, 5.74) is 3.83. The maximum atomic E-state index is 13.2. The highest BCUT2D eigenvalue weighted by atomic mass is 19.1. The fraction of sp³-hybridized carbons (Fsp3) is 0.409. The molecule has 0 spiro atoms. The number of rotatable bonds is 5. The van der Waals surface area contributed by atoms with Gasteiger partial charge in [-0.1, -0.05) is 18.2 Å². The first-order chi connectivity index (χ1) is 12.9. The number of hydrogen-bond donors (Lipinski definition) is 1. The molecule has 0 aliphatic carbocycles. The lowest BCUT2D eigenvalue weighted by atomic mass is 10.1. The maximum absolute atomic E-state index is 13.2. The van der Waals surface area contributed by atoms with Gasteiger partial charge in [0.05, 0.1) is 12.2 Å². The van der Waals surface area contributed by atoms with E-state index < -0.39 is 0 Å². The van der Waals surface area contributed by atoms with E-state index in [0.29, 0.717) is 31.7 Å². The largest absolute Gasteiger partial charge is 0.372 e. The number of benzene rings is 2. The fourth-order valence-corrected chi connectivity index (χ4v) is 3.49. The molecule has 1 saturated heterocycles. The Hall–Kier alpha value is -2.24. The van der Waals surface area contributed by atoms with Crippen molar-refractivity contribution in [1.82, 2.24) is 10.2 Å². The lowest BCUT2D eigenvalue weighted by Crippen LogP contribution is -2.48. The van der Waals surface area contributed by atoms with Crippen molar-refractivity contribution in [2.75, 3.05) is 13.1 Å². The van der Waals surface area contributed by atoms with Gasteiger partial charge >= 0.3 is 0 Å². The Morgan fingerprint density at radius 2 is 1.78 bits per heavy atom. The van der Waals surface area contributed by atoms with Crippen LogP contribution in [0.25, 0.3) is 0 Å². The number of carbonyl (C=O) groups is 1. The summed E-state index contributed by atoms with van der Waals surface area (Å²) in [7, 11) is 0. The highest BCUT2D eigenvalue weighted by Gasteiger charge is 2.26. The molecule has 2 unspecified atom stereocenters. The van der Waals surface area contributed by atoms with Crippen molar-refractivity contribution in [3.05, 3.63) is 70.5 Å². The molecule has 27 heavy (non-hydrogen) atoms. The summed E-state index contributed by atoms with van der Waals surface area (Å²) < 4.78 is 18.9. The number of ether oxygens (including phenoxy) is 1. The first kappa shape index (κ1) is 19.5. The van der Waals surface area contributed by atoms with Gasteiger partial charge in [0.15, 0.2) is 0 Å². The van der Waals surface area contributed by atoms with Crippen molar-refractivity contribution in [1.29, 1.82) is 0 Å². The zero-order valence-corrected chi connectivity index (χ0v) is 16.2. The van der Waals surface area contributed by atoms with E-state index in [-0.39, 0.29) is 23.9 Å². The molecule has 1 fully saturated rings. The molecule has 2 aromatic carbocycles. The average Bonchev–Trinajstić information content (AvgIpc) is 2.63. The number of morpholine rings is 1. The minimum atomic E-state index is -0.208. The summed E-state index contributed by atoms with van der Waals surface area (Å²) in [4.78, 5) is 14.6. The molecule has 3 rings (SSSR count). The second-order valence-electron chi connectivity index (χ2n) is 7.34. The van der Waals surface area contributed by atoms with Crippen molar-refractivity contribution in [3.8, 4) is 0 Å². The second-order valence-corrected chi connectivity index (χ2v) is 7.34. The molecule has 4 nitrogen and oxygen atoms in total. The van der Waals surface area contributed by atoms with Gasteiger partial charge in [0.2, 0.25) is 0 Å². The van der Waals surface area contributed by atoms with Crippen LogP contribution >= 0.6 is 0 Å².